The van der Waals surface area contributed by atoms with Crippen molar-refractivity contribution >= 4 is 23.1 Å². The number of nitrogens with zero attached hydrogens (tertiary/aromatic N) is 1. The van der Waals surface area contributed by atoms with Crippen molar-refractivity contribution in [2.75, 3.05) is 36.3 Å². The number of hydrogen-bond donors (Lipinski definition) is 1. The third-order valence-corrected chi connectivity index (χ3v) is 3.52. The Morgan fingerprint density at radius 1 is 1.41 bits per heavy atom. The third kappa shape index (κ3) is 4.04. The highest BCUT2D eigenvalue weighted by Gasteiger charge is 2.11. The van der Waals surface area contributed by atoms with E-state index in [-0.39, 0.29) is 0 Å². The summed E-state index contributed by atoms with van der Waals surface area (Å²) in [6.07, 6.45) is 2.12. The van der Waals surface area contributed by atoms with Crippen LogP contribution in [0.3, 0.4) is 0 Å². The molecular formula is C13H22N2OS. The molecule has 0 spiro atoms. The van der Waals surface area contributed by atoms with Gasteiger partial charge in [0.15, 0.2) is 0 Å². The van der Waals surface area contributed by atoms with Gasteiger partial charge in [-0.1, -0.05) is 0 Å². The topological polar surface area (TPSA) is 38.5 Å². The lowest BCUT2D eigenvalue weighted by atomic mass is 10.2. The van der Waals surface area contributed by atoms with Crippen LogP contribution in [0.4, 0.5) is 11.4 Å². The summed E-state index contributed by atoms with van der Waals surface area (Å²) >= 11 is 1.85. The van der Waals surface area contributed by atoms with Gasteiger partial charge >= 0.3 is 0 Å². The quantitative estimate of drug-likeness (QED) is 0.792. The van der Waals surface area contributed by atoms with Crippen molar-refractivity contribution in [1.29, 1.82) is 0 Å². The normalized spacial score (nSPS) is 12.2. The van der Waals surface area contributed by atoms with Crippen LogP contribution in [0.25, 0.3) is 0 Å². The second-order valence-corrected chi connectivity index (χ2v) is 5.02. The van der Waals surface area contributed by atoms with Crippen LogP contribution in [0.2, 0.25) is 0 Å². The molecule has 0 heterocycles. The molecule has 0 saturated heterocycles. The summed E-state index contributed by atoms with van der Waals surface area (Å²) in [4.78, 5) is 2.23. The molecule has 0 fully saturated rings. The molecule has 4 heteroatoms. The van der Waals surface area contributed by atoms with E-state index in [1.54, 1.807) is 0 Å². The highest BCUT2D eigenvalue weighted by Crippen LogP contribution is 2.26. The number of thioether (sulfide) groups is 1. The van der Waals surface area contributed by atoms with Gasteiger partial charge in [0, 0.05) is 42.3 Å². The third-order valence-electron chi connectivity index (χ3n) is 2.70. The first-order valence-corrected chi connectivity index (χ1v) is 7.23. The Morgan fingerprint density at radius 2 is 2.12 bits per heavy atom. The Bertz CT molecular complexity index is 357. The summed E-state index contributed by atoms with van der Waals surface area (Å²) in [5, 5.41) is 0. The molecule has 0 amide bonds. The van der Waals surface area contributed by atoms with Crippen LogP contribution in [-0.4, -0.2) is 31.7 Å². The minimum Gasteiger partial charge on any atom is -0.494 e. The molecule has 0 radical (unpaired) electrons. The van der Waals surface area contributed by atoms with Gasteiger partial charge in [0.05, 0.1) is 6.61 Å². The highest BCUT2D eigenvalue weighted by atomic mass is 32.2. The molecule has 0 bridgehead atoms. The second-order valence-electron chi connectivity index (χ2n) is 4.11. The van der Waals surface area contributed by atoms with E-state index in [2.05, 4.69) is 25.1 Å². The number of hydrogen-bond acceptors (Lipinski definition) is 4. The van der Waals surface area contributed by atoms with Crippen LogP contribution in [0.1, 0.15) is 13.8 Å². The molecule has 2 N–H and O–H groups in total. The van der Waals surface area contributed by atoms with E-state index < -0.39 is 0 Å². The lowest BCUT2D eigenvalue weighted by Gasteiger charge is -2.27. The lowest BCUT2D eigenvalue weighted by Crippen LogP contribution is -2.30. The van der Waals surface area contributed by atoms with Gasteiger partial charge in [0.1, 0.15) is 5.75 Å². The summed E-state index contributed by atoms with van der Waals surface area (Å²) in [5.74, 6) is 1.93. The lowest BCUT2D eigenvalue weighted by molar-refractivity contribution is 0.340. The maximum Gasteiger partial charge on any atom is 0.123 e. The van der Waals surface area contributed by atoms with Gasteiger partial charge in [0.2, 0.25) is 0 Å². The van der Waals surface area contributed by atoms with E-state index in [1.807, 2.05) is 36.9 Å². The minimum absolute atomic E-state index is 0.473. The molecule has 17 heavy (non-hydrogen) atoms. The summed E-state index contributed by atoms with van der Waals surface area (Å²) in [7, 11) is 2.09. The van der Waals surface area contributed by atoms with Gasteiger partial charge in [-0.3, -0.25) is 0 Å². The zero-order valence-electron chi connectivity index (χ0n) is 11.1. The molecule has 0 saturated carbocycles. The average molecular weight is 254 g/mol. The highest BCUT2D eigenvalue weighted by molar-refractivity contribution is 7.98. The van der Waals surface area contributed by atoms with Crippen LogP contribution >= 0.6 is 11.8 Å². The minimum atomic E-state index is 0.473. The van der Waals surface area contributed by atoms with Gasteiger partial charge < -0.3 is 15.4 Å². The molecule has 1 aromatic rings. The fraction of sp³-hybridized carbons (Fsp3) is 0.538. The number of benzene rings is 1. The van der Waals surface area contributed by atoms with Crippen molar-refractivity contribution in [3.63, 3.8) is 0 Å². The Balaban J connectivity index is 2.88. The fourth-order valence-electron chi connectivity index (χ4n) is 1.67. The van der Waals surface area contributed by atoms with E-state index in [0.29, 0.717) is 12.6 Å². The van der Waals surface area contributed by atoms with Crippen molar-refractivity contribution in [2.45, 2.75) is 19.9 Å². The Labute approximate surface area is 108 Å². The summed E-state index contributed by atoms with van der Waals surface area (Å²) in [6.45, 7) is 4.84. The fourth-order valence-corrected chi connectivity index (χ4v) is 2.37. The molecule has 1 aromatic carbocycles. The van der Waals surface area contributed by atoms with Crippen molar-refractivity contribution in [3.05, 3.63) is 18.2 Å². The van der Waals surface area contributed by atoms with Crippen molar-refractivity contribution in [1.82, 2.24) is 0 Å². The molecule has 96 valence electrons. The average Bonchev–Trinajstić information content (AvgIpc) is 2.28. The summed E-state index contributed by atoms with van der Waals surface area (Å²) in [6, 6.07) is 6.36. The Kier molecular flexibility index (Phi) is 5.48. The van der Waals surface area contributed by atoms with Gasteiger partial charge in [-0.05, 0) is 26.2 Å². The van der Waals surface area contributed by atoms with Gasteiger partial charge in [-0.25, -0.2) is 0 Å². The second kappa shape index (κ2) is 6.64. The molecule has 1 rings (SSSR count). The first-order valence-electron chi connectivity index (χ1n) is 5.83. The molecule has 0 aliphatic rings. The number of anilines is 2. The van der Waals surface area contributed by atoms with Gasteiger partial charge in [0.25, 0.3) is 0 Å². The Morgan fingerprint density at radius 3 is 2.71 bits per heavy atom. The molecule has 3 nitrogen and oxygen atoms in total. The maximum atomic E-state index is 5.89. The van der Waals surface area contributed by atoms with Crippen molar-refractivity contribution in [3.8, 4) is 5.75 Å². The van der Waals surface area contributed by atoms with Crippen LogP contribution in [-0.2, 0) is 0 Å². The van der Waals surface area contributed by atoms with E-state index in [0.717, 1.165) is 22.9 Å². The molecule has 1 atom stereocenters. The zero-order chi connectivity index (χ0) is 12.8. The summed E-state index contributed by atoms with van der Waals surface area (Å²) < 4.78 is 5.51. The largest absolute Gasteiger partial charge is 0.494 e. The molecule has 1 unspecified atom stereocenters. The Hall–Kier alpha value is -1.03. The molecule has 0 aliphatic heterocycles. The number of nitrogen functional groups attached to an aromatic ring is 1. The summed E-state index contributed by atoms with van der Waals surface area (Å²) in [5.41, 5.74) is 7.74. The van der Waals surface area contributed by atoms with E-state index >= 15 is 0 Å². The predicted molar refractivity (Wildman–Crippen MR) is 78.3 cm³/mol. The standard InChI is InChI=1S/C13H22N2OS/c1-5-16-13-7-11(14)6-12(8-13)15(3)10(2)9-17-4/h6-8,10H,5,9,14H2,1-4H3. The first-order chi connectivity index (χ1) is 8.08. The van der Waals surface area contributed by atoms with Crippen LogP contribution in [0, 0.1) is 0 Å². The number of ether oxygens (including phenoxy) is 1. The SMILES string of the molecule is CCOc1cc(N)cc(N(C)C(C)CSC)c1. The van der Waals surface area contributed by atoms with Crippen LogP contribution < -0.4 is 15.4 Å². The first kappa shape index (κ1) is 14.0. The predicted octanol–water partition coefficient (Wildman–Crippen LogP) is 2.86. The molecule has 0 aromatic heterocycles. The van der Waals surface area contributed by atoms with E-state index in [1.165, 1.54) is 0 Å². The van der Waals surface area contributed by atoms with E-state index in [4.69, 9.17) is 10.5 Å². The van der Waals surface area contributed by atoms with Crippen molar-refractivity contribution in [2.24, 2.45) is 0 Å². The molecule has 0 aliphatic carbocycles. The van der Waals surface area contributed by atoms with Gasteiger partial charge in [-0.2, -0.15) is 11.8 Å². The van der Waals surface area contributed by atoms with Crippen molar-refractivity contribution < 1.29 is 4.74 Å². The number of rotatable bonds is 6. The maximum absolute atomic E-state index is 5.89. The van der Waals surface area contributed by atoms with Gasteiger partial charge in [-0.15, -0.1) is 0 Å². The molecular weight excluding hydrogens is 232 g/mol. The van der Waals surface area contributed by atoms with Crippen LogP contribution in [0.15, 0.2) is 18.2 Å². The van der Waals surface area contributed by atoms with E-state index in [9.17, 15) is 0 Å². The number of nitrogens with two attached hydrogens (primary N) is 1. The van der Waals surface area contributed by atoms with Crippen LogP contribution in [0.5, 0.6) is 5.75 Å². The zero-order valence-corrected chi connectivity index (χ0v) is 11.9. The monoisotopic (exact) mass is 254 g/mol. The smallest absolute Gasteiger partial charge is 0.123 e.